The van der Waals surface area contributed by atoms with Gasteiger partial charge in [-0.1, -0.05) is 12.1 Å². The molecule has 1 aromatic heterocycles. The van der Waals surface area contributed by atoms with Gasteiger partial charge < -0.3 is 14.4 Å². The third kappa shape index (κ3) is 2.90. The fraction of sp³-hybridized carbons (Fsp3) is 0.467. The topological polar surface area (TPSA) is 78.9 Å². The van der Waals surface area contributed by atoms with Crippen LogP contribution in [0.2, 0.25) is 0 Å². The molecule has 0 atom stereocenters. The van der Waals surface area contributed by atoms with Crippen LogP contribution in [0.15, 0.2) is 33.5 Å². The summed E-state index contributed by atoms with van der Waals surface area (Å²) in [5.41, 5.74) is 1.13. The lowest BCUT2D eigenvalue weighted by atomic mass is 10.3. The highest BCUT2D eigenvalue weighted by atomic mass is 16.4. The van der Waals surface area contributed by atoms with Gasteiger partial charge in [-0.05, 0) is 12.1 Å². The molecule has 0 saturated carbocycles. The maximum atomic E-state index is 12.4. The van der Waals surface area contributed by atoms with E-state index < -0.39 is 5.76 Å². The Morgan fingerprint density at radius 3 is 2.64 bits per heavy atom. The molecule has 0 bridgehead atoms. The van der Waals surface area contributed by atoms with Crippen LogP contribution in [0.25, 0.3) is 11.1 Å². The number of carbonyl (C=O) groups is 1. The third-order valence-corrected chi connectivity index (χ3v) is 4.01. The summed E-state index contributed by atoms with van der Waals surface area (Å²) < 4.78 is 6.51. The number of nitrogens with zero attached hydrogens (tertiary/aromatic N) is 3. The summed E-state index contributed by atoms with van der Waals surface area (Å²) in [7, 11) is 0. The molecule has 3 rings (SSSR count). The first-order chi connectivity index (χ1) is 10.7. The first-order valence-electron chi connectivity index (χ1n) is 7.38. The Balaban J connectivity index is 1.69. The number of carbonyl (C=O) groups excluding carboxylic acids is 1. The third-order valence-electron chi connectivity index (χ3n) is 4.01. The molecule has 0 radical (unpaired) electrons. The van der Waals surface area contributed by atoms with Crippen LogP contribution in [0.5, 0.6) is 0 Å². The molecule has 1 saturated heterocycles. The van der Waals surface area contributed by atoms with Gasteiger partial charge in [0.2, 0.25) is 5.91 Å². The molecule has 118 valence electrons. The molecule has 0 spiro atoms. The number of aliphatic hydroxyl groups is 1. The van der Waals surface area contributed by atoms with Crippen molar-refractivity contribution in [3.8, 4) is 0 Å². The van der Waals surface area contributed by atoms with Gasteiger partial charge in [0.25, 0.3) is 0 Å². The Kier molecular flexibility index (Phi) is 4.26. The summed E-state index contributed by atoms with van der Waals surface area (Å²) in [6.07, 6.45) is 0. The van der Waals surface area contributed by atoms with E-state index in [1.54, 1.807) is 23.1 Å². The minimum Gasteiger partial charge on any atom is -0.408 e. The molecule has 7 heteroatoms. The molecule has 2 aromatic rings. The van der Waals surface area contributed by atoms with Gasteiger partial charge in [-0.2, -0.15) is 0 Å². The van der Waals surface area contributed by atoms with Crippen molar-refractivity contribution in [3.05, 3.63) is 34.8 Å². The normalized spacial score (nSPS) is 16.3. The molecule has 0 unspecified atom stereocenters. The molecule has 1 aromatic carbocycles. The van der Waals surface area contributed by atoms with Crippen LogP contribution in [-0.2, 0) is 11.3 Å². The van der Waals surface area contributed by atoms with Crippen molar-refractivity contribution in [1.29, 1.82) is 0 Å². The Hall–Kier alpha value is -2.12. The molecule has 1 aliphatic heterocycles. The fourth-order valence-corrected chi connectivity index (χ4v) is 2.76. The summed E-state index contributed by atoms with van der Waals surface area (Å²) in [6.45, 7) is 3.47. The zero-order chi connectivity index (χ0) is 15.5. The highest BCUT2D eigenvalue weighted by Gasteiger charge is 2.22. The predicted molar refractivity (Wildman–Crippen MR) is 80.6 cm³/mol. The van der Waals surface area contributed by atoms with Crippen LogP contribution >= 0.6 is 0 Å². The van der Waals surface area contributed by atoms with Crippen LogP contribution in [-0.4, -0.2) is 64.7 Å². The fourth-order valence-electron chi connectivity index (χ4n) is 2.76. The number of hydrogen-bond donors (Lipinski definition) is 1. The molecule has 1 amide bonds. The average molecular weight is 305 g/mol. The lowest BCUT2D eigenvalue weighted by Crippen LogP contribution is -2.50. The number of β-amino-alcohol motifs (C(OH)–C–C–N with tert-alkyl or cyclic N) is 1. The van der Waals surface area contributed by atoms with Crippen molar-refractivity contribution in [1.82, 2.24) is 14.4 Å². The maximum Gasteiger partial charge on any atom is 0.420 e. The average Bonchev–Trinajstić information content (AvgIpc) is 2.84. The van der Waals surface area contributed by atoms with E-state index in [1.807, 2.05) is 6.07 Å². The van der Waals surface area contributed by atoms with E-state index in [4.69, 9.17) is 9.52 Å². The molecule has 1 aliphatic rings. The summed E-state index contributed by atoms with van der Waals surface area (Å²) in [5, 5.41) is 8.93. The Labute approximate surface area is 127 Å². The number of aromatic nitrogens is 1. The van der Waals surface area contributed by atoms with Crippen LogP contribution in [0, 0.1) is 0 Å². The molecular formula is C15H19N3O4. The summed E-state index contributed by atoms with van der Waals surface area (Å²) >= 11 is 0. The maximum absolute atomic E-state index is 12.4. The molecule has 0 aliphatic carbocycles. The number of oxazole rings is 1. The minimum atomic E-state index is -0.506. The van der Waals surface area contributed by atoms with Crippen LogP contribution < -0.4 is 5.76 Å². The number of fused-ring (bicyclic) bond motifs is 1. The van der Waals surface area contributed by atoms with Gasteiger partial charge in [-0.3, -0.25) is 14.3 Å². The first kappa shape index (κ1) is 14.8. The number of para-hydroxylation sites is 2. The van der Waals surface area contributed by atoms with Gasteiger partial charge in [0.15, 0.2) is 5.58 Å². The lowest BCUT2D eigenvalue weighted by molar-refractivity contribution is -0.133. The second-order valence-corrected chi connectivity index (χ2v) is 5.37. The monoisotopic (exact) mass is 305 g/mol. The van der Waals surface area contributed by atoms with Gasteiger partial charge in [0, 0.05) is 32.7 Å². The second kappa shape index (κ2) is 6.33. The van der Waals surface area contributed by atoms with Crippen molar-refractivity contribution < 1.29 is 14.3 Å². The highest BCUT2D eigenvalue weighted by molar-refractivity contribution is 5.79. The Morgan fingerprint density at radius 2 is 1.91 bits per heavy atom. The van der Waals surface area contributed by atoms with E-state index in [9.17, 15) is 9.59 Å². The van der Waals surface area contributed by atoms with Crippen molar-refractivity contribution in [2.75, 3.05) is 39.3 Å². The summed E-state index contributed by atoms with van der Waals surface area (Å²) in [6, 6.07) is 7.09. The van der Waals surface area contributed by atoms with E-state index in [1.165, 1.54) is 4.57 Å². The molecule has 7 nitrogen and oxygen atoms in total. The largest absolute Gasteiger partial charge is 0.420 e. The quantitative estimate of drug-likeness (QED) is 0.841. The lowest BCUT2D eigenvalue weighted by Gasteiger charge is -2.34. The zero-order valence-corrected chi connectivity index (χ0v) is 12.3. The number of benzene rings is 1. The summed E-state index contributed by atoms with van der Waals surface area (Å²) in [5.74, 6) is -0.592. The van der Waals surface area contributed by atoms with Crippen LogP contribution in [0.1, 0.15) is 0 Å². The van der Waals surface area contributed by atoms with Crippen molar-refractivity contribution in [3.63, 3.8) is 0 Å². The van der Waals surface area contributed by atoms with Crippen molar-refractivity contribution >= 4 is 17.0 Å². The standard InChI is InChI=1S/C15H19N3O4/c19-10-9-16-5-7-17(8-6-16)14(20)11-18-12-3-1-2-4-13(12)22-15(18)21/h1-4,19H,5-11H2. The number of piperazine rings is 1. The number of aliphatic hydroxyl groups excluding tert-OH is 1. The van der Waals surface area contributed by atoms with E-state index in [2.05, 4.69) is 4.90 Å². The number of amides is 1. The first-order valence-corrected chi connectivity index (χ1v) is 7.38. The van der Waals surface area contributed by atoms with Gasteiger partial charge in [0.1, 0.15) is 6.54 Å². The van der Waals surface area contributed by atoms with E-state index >= 15 is 0 Å². The predicted octanol–water partition coefficient (Wildman–Crippen LogP) is -0.269. The van der Waals surface area contributed by atoms with Crippen LogP contribution in [0.4, 0.5) is 0 Å². The van der Waals surface area contributed by atoms with E-state index in [0.29, 0.717) is 30.7 Å². The highest BCUT2D eigenvalue weighted by Crippen LogP contribution is 2.12. The van der Waals surface area contributed by atoms with Gasteiger partial charge in [-0.15, -0.1) is 0 Å². The summed E-state index contributed by atoms with van der Waals surface area (Å²) in [4.78, 5) is 28.1. The van der Waals surface area contributed by atoms with Gasteiger partial charge >= 0.3 is 5.76 Å². The van der Waals surface area contributed by atoms with Crippen molar-refractivity contribution in [2.45, 2.75) is 6.54 Å². The van der Waals surface area contributed by atoms with E-state index in [0.717, 1.165) is 13.1 Å². The Morgan fingerprint density at radius 1 is 1.18 bits per heavy atom. The molecule has 1 fully saturated rings. The minimum absolute atomic E-state index is 0.00412. The smallest absolute Gasteiger partial charge is 0.408 e. The molecular weight excluding hydrogens is 286 g/mol. The van der Waals surface area contributed by atoms with Crippen molar-refractivity contribution in [2.24, 2.45) is 0 Å². The second-order valence-electron chi connectivity index (χ2n) is 5.37. The molecule has 22 heavy (non-hydrogen) atoms. The van der Waals surface area contributed by atoms with E-state index in [-0.39, 0.29) is 19.1 Å². The number of hydrogen-bond acceptors (Lipinski definition) is 5. The SMILES string of the molecule is O=C(Cn1c(=O)oc2ccccc21)N1CCN(CCO)CC1. The van der Waals surface area contributed by atoms with Crippen LogP contribution in [0.3, 0.4) is 0 Å². The number of rotatable bonds is 4. The molecule has 1 N–H and O–H groups in total. The van der Waals surface area contributed by atoms with Gasteiger partial charge in [0.05, 0.1) is 12.1 Å². The van der Waals surface area contributed by atoms with Gasteiger partial charge in [-0.25, -0.2) is 4.79 Å². The molecule has 2 heterocycles. The zero-order valence-electron chi connectivity index (χ0n) is 12.3. The Bertz CT molecular complexity index is 713.